The number of alkyl halides is 3. The third-order valence-electron chi connectivity index (χ3n) is 4.70. The number of piperidine rings is 1. The molecule has 1 aliphatic heterocycles. The molecule has 1 aliphatic rings. The summed E-state index contributed by atoms with van der Waals surface area (Å²) < 4.78 is 70.5. The Bertz CT molecular complexity index is 923. The first-order valence-corrected chi connectivity index (χ1v) is 10.3. The summed E-state index contributed by atoms with van der Waals surface area (Å²) in [4.78, 5) is -0.147. The van der Waals surface area contributed by atoms with E-state index in [0.717, 1.165) is 24.3 Å². The second-order valence-electron chi connectivity index (χ2n) is 7.90. The number of hydrogen-bond acceptors (Lipinski definition) is 5. The highest BCUT2D eigenvalue weighted by atomic mass is 32.2. The van der Waals surface area contributed by atoms with E-state index in [9.17, 15) is 21.6 Å². The van der Waals surface area contributed by atoms with Crippen LogP contribution in [0.25, 0.3) is 0 Å². The van der Waals surface area contributed by atoms with E-state index in [1.165, 1.54) is 4.31 Å². The number of rotatable bonds is 3. The van der Waals surface area contributed by atoms with Gasteiger partial charge in [0.2, 0.25) is 21.8 Å². The second-order valence-corrected chi connectivity index (χ2v) is 9.83. The molecule has 0 saturated carbocycles. The summed E-state index contributed by atoms with van der Waals surface area (Å²) in [6.45, 7) is 6.36. The summed E-state index contributed by atoms with van der Waals surface area (Å²) in [6, 6.07) is 3.56. The SMILES string of the molecule is CC(C)(C)c1nnc(C2CCN(S(=O)(=O)c3ccc(C(F)(F)F)cc3)CC2)o1. The van der Waals surface area contributed by atoms with Gasteiger partial charge in [-0.15, -0.1) is 10.2 Å². The molecule has 1 aromatic heterocycles. The Morgan fingerprint density at radius 1 is 1.04 bits per heavy atom. The van der Waals surface area contributed by atoms with Crippen LogP contribution in [-0.4, -0.2) is 36.0 Å². The van der Waals surface area contributed by atoms with Crippen LogP contribution in [0.3, 0.4) is 0 Å². The molecule has 1 saturated heterocycles. The Hall–Kier alpha value is -1.94. The molecular weight excluding hydrogens is 395 g/mol. The van der Waals surface area contributed by atoms with Crippen LogP contribution in [0.4, 0.5) is 13.2 Å². The summed E-state index contributed by atoms with van der Waals surface area (Å²) in [7, 11) is -3.85. The molecule has 10 heteroatoms. The van der Waals surface area contributed by atoms with E-state index in [4.69, 9.17) is 4.42 Å². The fourth-order valence-corrected chi connectivity index (χ4v) is 4.48. The zero-order chi connectivity index (χ0) is 20.7. The highest BCUT2D eigenvalue weighted by Crippen LogP contribution is 2.33. The quantitative estimate of drug-likeness (QED) is 0.756. The lowest BCUT2D eigenvalue weighted by molar-refractivity contribution is -0.137. The van der Waals surface area contributed by atoms with Gasteiger partial charge in [0.15, 0.2) is 0 Å². The molecule has 1 aromatic carbocycles. The van der Waals surface area contributed by atoms with E-state index >= 15 is 0 Å². The predicted octanol–water partition coefficient (Wildman–Crippen LogP) is 3.95. The molecule has 0 bridgehead atoms. The number of benzene rings is 1. The molecule has 0 radical (unpaired) electrons. The van der Waals surface area contributed by atoms with Crippen LogP contribution in [-0.2, 0) is 21.6 Å². The van der Waals surface area contributed by atoms with Crippen molar-refractivity contribution in [2.45, 2.75) is 56.0 Å². The molecule has 1 fully saturated rings. The van der Waals surface area contributed by atoms with Gasteiger partial charge in [0, 0.05) is 24.4 Å². The van der Waals surface area contributed by atoms with Gasteiger partial charge in [-0.1, -0.05) is 20.8 Å². The fraction of sp³-hybridized carbons (Fsp3) is 0.556. The Morgan fingerprint density at radius 2 is 1.61 bits per heavy atom. The highest BCUT2D eigenvalue weighted by Gasteiger charge is 2.34. The fourth-order valence-electron chi connectivity index (χ4n) is 3.01. The Kier molecular flexibility index (Phi) is 5.30. The van der Waals surface area contributed by atoms with Crippen LogP contribution in [0.2, 0.25) is 0 Å². The maximum absolute atomic E-state index is 12.7. The van der Waals surface area contributed by atoms with Crippen molar-refractivity contribution < 1.29 is 26.0 Å². The molecule has 154 valence electrons. The number of nitrogens with zero attached hydrogens (tertiary/aromatic N) is 3. The van der Waals surface area contributed by atoms with Crippen molar-refractivity contribution in [2.75, 3.05) is 13.1 Å². The van der Waals surface area contributed by atoms with Gasteiger partial charge < -0.3 is 4.42 Å². The average Bonchev–Trinajstić information content (AvgIpc) is 3.12. The molecule has 6 nitrogen and oxygen atoms in total. The lowest BCUT2D eigenvalue weighted by Crippen LogP contribution is -2.38. The molecular formula is C18H22F3N3O3S. The van der Waals surface area contributed by atoms with Crippen molar-refractivity contribution in [3.63, 3.8) is 0 Å². The molecule has 3 rings (SSSR count). The van der Waals surface area contributed by atoms with E-state index in [0.29, 0.717) is 24.6 Å². The normalized spacial score (nSPS) is 17.8. The van der Waals surface area contributed by atoms with Gasteiger partial charge in [0.05, 0.1) is 10.5 Å². The van der Waals surface area contributed by atoms with E-state index < -0.39 is 21.8 Å². The van der Waals surface area contributed by atoms with Crippen molar-refractivity contribution in [1.29, 1.82) is 0 Å². The van der Waals surface area contributed by atoms with Crippen molar-refractivity contribution in [2.24, 2.45) is 0 Å². The second kappa shape index (κ2) is 7.14. The van der Waals surface area contributed by atoms with Crippen LogP contribution in [0, 0.1) is 0 Å². The van der Waals surface area contributed by atoms with Crippen molar-refractivity contribution in [1.82, 2.24) is 14.5 Å². The van der Waals surface area contributed by atoms with Gasteiger partial charge >= 0.3 is 6.18 Å². The summed E-state index contributed by atoms with van der Waals surface area (Å²) in [6.07, 6.45) is -3.49. The van der Waals surface area contributed by atoms with Crippen LogP contribution in [0.1, 0.15) is 56.9 Å². The molecule has 0 aliphatic carbocycles. The molecule has 0 atom stereocenters. The van der Waals surface area contributed by atoms with Crippen molar-refractivity contribution >= 4 is 10.0 Å². The van der Waals surface area contributed by atoms with Crippen LogP contribution < -0.4 is 0 Å². The van der Waals surface area contributed by atoms with E-state index in [1.54, 1.807) is 0 Å². The van der Waals surface area contributed by atoms with E-state index in [1.807, 2.05) is 20.8 Å². The van der Waals surface area contributed by atoms with Crippen molar-refractivity contribution in [3.05, 3.63) is 41.6 Å². The predicted molar refractivity (Wildman–Crippen MR) is 95.2 cm³/mol. The third kappa shape index (κ3) is 4.22. The minimum Gasteiger partial charge on any atom is -0.424 e. The first kappa shape index (κ1) is 20.8. The zero-order valence-electron chi connectivity index (χ0n) is 15.8. The first-order valence-electron chi connectivity index (χ1n) is 8.90. The summed E-state index contributed by atoms with van der Waals surface area (Å²) >= 11 is 0. The monoisotopic (exact) mass is 417 g/mol. The largest absolute Gasteiger partial charge is 0.424 e. The maximum atomic E-state index is 12.7. The number of aromatic nitrogens is 2. The van der Waals surface area contributed by atoms with Gasteiger partial charge in [0.1, 0.15) is 0 Å². The summed E-state index contributed by atoms with van der Waals surface area (Å²) in [5, 5.41) is 8.16. The lowest BCUT2D eigenvalue weighted by atomic mass is 9.97. The molecule has 0 amide bonds. The number of halogens is 3. The van der Waals surface area contributed by atoms with Gasteiger partial charge in [-0.05, 0) is 37.1 Å². The topological polar surface area (TPSA) is 76.3 Å². The molecule has 2 heterocycles. The average molecular weight is 417 g/mol. The zero-order valence-corrected chi connectivity index (χ0v) is 16.6. The smallest absolute Gasteiger partial charge is 0.416 e. The van der Waals surface area contributed by atoms with Crippen LogP contribution in [0.5, 0.6) is 0 Å². The van der Waals surface area contributed by atoms with Gasteiger partial charge in [-0.3, -0.25) is 0 Å². The maximum Gasteiger partial charge on any atom is 0.416 e. The minimum atomic E-state index is -4.50. The third-order valence-corrected chi connectivity index (χ3v) is 6.62. The van der Waals surface area contributed by atoms with Gasteiger partial charge in [0.25, 0.3) is 0 Å². The summed E-state index contributed by atoms with van der Waals surface area (Å²) in [5.74, 6) is 0.987. The first-order chi connectivity index (χ1) is 12.9. The van der Waals surface area contributed by atoms with Crippen LogP contribution >= 0.6 is 0 Å². The van der Waals surface area contributed by atoms with E-state index in [2.05, 4.69) is 10.2 Å². The Morgan fingerprint density at radius 3 is 2.07 bits per heavy atom. The Labute approximate surface area is 161 Å². The molecule has 0 spiro atoms. The van der Waals surface area contributed by atoms with Crippen LogP contribution in [0.15, 0.2) is 33.6 Å². The molecule has 28 heavy (non-hydrogen) atoms. The minimum absolute atomic E-state index is 0.0392. The Balaban J connectivity index is 1.69. The number of hydrogen-bond donors (Lipinski definition) is 0. The molecule has 0 N–H and O–H groups in total. The molecule has 0 unspecified atom stereocenters. The van der Waals surface area contributed by atoms with E-state index in [-0.39, 0.29) is 29.3 Å². The van der Waals surface area contributed by atoms with Crippen molar-refractivity contribution in [3.8, 4) is 0 Å². The standard InChI is InChI=1S/C18H22F3N3O3S/c1-17(2,3)16-23-22-15(27-16)12-8-10-24(11-9-12)28(25,26)14-6-4-13(5-7-14)18(19,20)21/h4-7,12H,8-11H2,1-3H3. The van der Waals surface area contributed by atoms with Gasteiger partial charge in [-0.25, -0.2) is 8.42 Å². The highest BCUT2D eigenvalue weighted by molar-refractivity contribution is 7.89. The number of sulfonamides is 1. The lowest BCUT2D eigenvalue weighted by Gasteiger charge is -2.29. The molecule has 2 aromatic rings. The summed E-state index contributed by atoms with van der Waals surface area (Å²) in [5.41, 5.74) is -1.14. The van der Waals surface area contributed by atoms with Gasteiger partial charge in [-0.2, -0.15) is 17.5 Å².